The maximum absolute atomic E-state index is 6.54. The Labute approximate surface area is 156 Å². The van der Waals surface area contributed by atoms with Crippen LogP contribution in [0.2, 0.25) is 0 Å². The maximum Gasteiger partial charge on any atom is 0.244 e. The summed E-state index contributed by atoms with van der Waals surface area (Å²) in [5.41, 5.74) is 6.28. The molecule has 0 spiro atoms. The van der Waals surface area contributed by atoms with Crippen LogP contribution in [0, 0.1) is 26.7 Å². The van der Waals surface area contributed by atoms with E-state index in [1.807, 2.05) is 6.07 Å². The Morgan fingerprint density at radius 1 is 1.15 bits per heavy atom. The van der Waals surface area contributed by atoms with Crippen molar-refractivity contribution in [1.82, 2.24) is 5.17 Å². The molecule has 0 saturated heterocycles. The monoisotopic (exact) mass is 349 g/mol. The van der Waals surface area contributed by atoms with E-state index in [1.54, 1.807) is 0 Å². The van der Waals surface area contributed by atoms with Gasteiger partial charge in [0.15, 0.2) is 5.75 Å². The third kappa shape index (κ3) is 2.45. The molecule has 0 amide bonds. The van der Waals surface area contributed by atoms with Crippen molar-refractivity contribution in [3.63, 3.8) is 0 Å². The molecule has 1 fully saturated rings. The average molecular weight is 349 g/mol. The largest absolute Gasteiger partial charge is 0.331 e. The molecule has 0 N–H and O–H groups in total. The average Bonchev–Trinajstić information content (AvgIpc) is 2.60. The Balaban J connectivity index is 1.92. The zero-order valence-electron chi connectivity index (χ0n) is 16.5. The van der Waals surface area contributed by atoms with Gasteiger partial charge in [-0.1, -0.05) is 31.5 Å². The summed E-state index contributed by atoms with van der Waals surface area (Å²) in [5.74, 6) is 1.55. The number of nitrogens with zero attached hydrogens (tertiary/aromatic N) is 2. The first kappa shape index (κ1) is 17.1. The minimum Gasteiger partial charge on any atom is -0.331 e. The highest BCUT2D eigenvalue weighted by molar-refractivity contribution is 5.81. The summed E-state index contributed by atoms with van der Waals surface area (Å²) in [4.78, 5) is 6.54. The molecule has 1 aliphatic carbocycles. The molecule has 2 aromatic rings. The molecule has 2 aromatic carbocycles. The summed E-state index contributed by atoms with van der Waals surface area (Å²) in [6, 6.07) is 12.8. The molecule has 2 aliphatic rings. The fourth-order valence-corrected chi connectivity index (χ4v) is 4.70. The van der Waals surface area contributed by atoms with Crippen molar-refractivity contribution in [1.29, 1.82) is 0 Å². The van der Waals surface area contributed by atoms with Crippen LogP contribution in [-0.4, -0.2) is 21.6 Å². The molecular formula is C23H29N2O+. The van der Waals surface area contributed by atoms with Crippen molar-refractivity contribution in [2.45, 2.75) is 59.4 Å². The SMILES string of the molecule is CCC1(N2Oc3ccccc3C=[N+]2c2c(C)cc(C)cc2C)CCC1C. The van der Waals surface area contributed by atoms with Gasteiger partial charge in [0.2, 0.25) is 11.9 Å². The standard InChI is InChI=1S/C23H29N2O/c1-6-23(12-11-19(23)5)25-24(15-20-9-7-8-10-21(20)26-25)22-17(3)13-16(2)14-18(22)4/h7-10,13-15,19H,6,11-12H2,1-5H3/q+1. The first-order chi connectivity index (χ1) is 12.5. The summed E-state index contributed by atoms with van der Waals surface area (Å²) >= 11 is 0. The van der Waals surface area contributed by atoms with Gasteiger partial charge in [-0.25, -0.2) is 0 Å². The van der Waals surface area contributed by atoms with Gasteiger partial charge < -0.3 is 4.84 Å². The fraction of sp³-hybridized carbons (Fsp3) is 0.435. The van der Waals surface area contributed by atoms with Crippen LogP contribution in [0.3, 0.4) is 0 Å². The molecule has 26 heavy (non-hydrogen) atoms. The van der Waals surface area contributed by atoms with Gasteiger partial charge in [0.25, 0.3) is 0 Å². The van der Waals surface area contributed by atoms with Gasteiger partial charge in [-0.05, 0) is 74.9 Å². The molecule has 1 saturated carbocycles. The predicted molar refractivity (Wildman–Crippen MR) is 106 cm³/mol. The number of rotatable bonds is 3. The third-order valence-electron chi connectivity index (χ3n) is 6.35. The van der Waals surface area contributed by atoms with Crippen molar-refractivity contribution >= 4 is 11.9 Å². The van der Waals surface area contributed by atoms with Crippen LogP contribution in [-0.2, 0) is 0 Å². The Morgan fingerprint density at radius 3 is 2.42 bits per heavy atom. The van der Waals surface area contributed by atoms with Crippen LogP contribution in [0.1, 0.15) is 55.4 Å². The van der Waals surface area contributed by atoms with Crippen LogP contribution in [0.25, 0.3) is 0 Å². The summed E-state index contributed by atoms with van der Waals surface area (Å²) < 4.78 is 2.27. The van der Waals surface area contributed by atoms with Crippen molar-refractivity contribution in [3.05, 3.63) is 58.7 Å². The molecule has 0 radical (unpaired) electrons. The first-order valence-corrected chi connectivity index (χ1v) is 9.75. The lowest BCUT2D eigenvalue weighted by molar-refractivity contribution is -0.719. The van der Waals surface area contributed by atoms with Gasteiger partial charge in [-0.3, -0.25) is 0 Å². The second kappa shape index (κ2) is 6.15. The number of hydrogen-bond donors (Lipinski definition) is 0. The van der Waals surface area contributed by atoms with Gasteiger partial charge in [0.05, 0.1) is 5.56 Å². The van der Waals surface area contributed by atoms with Crippen LogP contribution in [0.4, 0.5) is 5.69 Å². The highest BCUT2D eigenvalue weighted by Crippen LogP contribution is 2.48. The lowest BCUT2D eigenvalue weighted by Gasteiger charge is -2.50. The number of benzene rings is 2. The van der Waals surface area contributed by atoms with Gasteiger partial charge in [-0.15, -0.1) is 0 Å². The van der Waals surface area contributed by atoms with Gasteiger partial charge in [-0.2, -0.15) is 0 Å². The molecule has 0 aromatic heterocycles. The van der Waals surface area contributed by atoms with Crippen molar-refractivity contribution in [2.24, 2.45) is 5.92 Å². The van der Waals surface area contributed by atoms with Gasteiger partial charge >= 0.3 is 0 Å². The maximum atomic E-state index is 6.54. The number of fused-ring (bicyclic) bond motifs is 1. The normalized spacial score (nSPS) is 24.4. The van der Waals surface area contributed by atoms with E-state index in [2.05, 4.69) is 81.0 Å². The van der Waals surface area contributed by atoms with E-state index in [4.69, 9.17) is 4.84 Å². The zero-order valence-corrected chi connectivity index (χ0v) is 16.5. The van der Waals surface area contributed by atoms with E-state index in [-0.39, 0.29) is 5.54 Å². The second-order valence-corrected chi connectivity index (χ2v) is 8.02. The molecule has 0 bridgehead atoms. The highest BCUT2D eigenvalue weighted by atomic mass is 16.7. The molecule has 136 valence electrons. The Kier molecular flexibility index (Phi) is 4.06. The minimum absolute atomic E-state index is 0.0494. The molecule has 1 aliphatic heterocycles. The number of hydroxylamine groups is 1. The lowest BCUT2D eigenvalue weighted by Crippen LogP contribution is -2.63. The summed E-state index contributed by atoms with van der Waals surface area (Å²) in [5, 5.41) is 2.17. The number of hydrazine groups is 1. The molecular weight excluding hydrogens is 320 g/mol. The molecule has 3 nitrogen and oxygen atoms in total. The van der Waals surface area contributed by atoms with E-state index >= 15 is 0 Å². The van der Waals surface area contributed by atoms with Crippen LogP contribution in [0.15, 0.2) is 36.4 Å². The van der Waals surface area contributed by atoms with E-state index < -0.39 is 0 Å². The Morgan fingerprint density at radius 2 is 1.85 bits per heavy atom. The number of hydrogen-bond acceptors (Lipinski definition) is 2. The molecule has 3 heteroatoms. The van der Waals surface area contributed by atoms with E-state index in [0.717, 1.165) is 17.7 Å². The number of para-hydroxylation sites is 1. The third-order valence-corrected chi connectivity index (χ3v) is 6.35. The van der Waals surface area contributed by atoms with E-state index in [1.165, 1.54) is 35.2 Å². The molecule has 4 rings (SSSR count). The quantitative estimate of drug-likeness (QED) is 0.682. The van der Waals surface area contributed by atoms with Crippen molar-refractivity contribution < 1.29 is 9.52 Å². The van der Waals surface area contributed by atoms with Crippen LogP contribution >= 0.6 is 0 Å². The Hall–Kier alpha value is -2.29. The van der Waals surface area contributed by atoms with Crippen molar-refractivity contribution in [2.75, 3.05) is 0 Å². The van der Waals surface area contributed by atoms with Crippen LogP contribution in [0.5, 0.6) is 5.75 Å². The molecule has 2 atom stereocenters. The highest BCUT2D eigenvalue weighted by Gasteiger charge is 2.56. The molecule has 2 unspecified atom stereocenters. The first-order valence-electron chi connectivity index (χ1n) is 9.75. The summed E-state index contributed by atoms with van der Waals surface area (Å²) in [6.45, 7) is 11.2. The molecule has 1 heterocycles. The number of aryl methyl sites for hydroxylation is 3. The smallest absolute Gasteiger partial charge is 0.244 e. The van der Waals surface area contributed by atoms with Gasteiger partial charge in [0.1, 0.15) is 5.54 Å². The second-order valence-electron chi connectivity index (χ2n) is 8.02. The van der Waals surface area contributed by atoms with Crippen molar-refractivity contribution in [3.8, 4) is 5.75 Å². The van der Waals surface area contributed by atoms with Crippen LogP contribution < -0.4 is 4.84 Å². The summed E-state index contributed by atoms with van der Waals surface area (Å²) in [6.07, 6.45) is 5.74. The number of hydrazone groups is 1. The van der Waals surface area contributed by atoms with E-state index in [0.29, 0.717) is 5.92 Å². The topological polar surface area (TPSA) is 15.5 Å². The van der Waals surface area contributed by atoms with Gasteiger partial charge in [0, 0.05) is 16.3 Å². The summed E-state index contributed by atoms with van der Waals surface area (Å²) in [7, 11) is 0. The fourth-order valence-electron chi connectivity index (χ4n) is 4.70. The zero-order chi connectivity index (χ0) is 18.5. The van der Waals surface area contributed by atoms with E-state index in [9.17, 15) is 0 Å². The minimum atomic E-state index is 0.0494. The lowest BCUT2D eigenvalue weighted by atomic mass is 9.66. The predicted octanol–water partition coefficient (Wildman–Crippen LogP) is 5.48. The Bertz CT molecular complexity index is 859.